The highest BCUT2D eigenvalue weighted by atomic mass is 16.4. The maximum absolute atomic E-state index is 12.4. The summed E-state index contributed by atoms with van der Waals surface area (Å²) in [7, 11) is 0. The molecule has 0 aliphatic heterocycles. The second-order valence-corrected chi connectivity index (χ2v) is 7.20. The molecule has 9 N–H and O–H groups in total. The van der Waals surface area contributed by atoms with E-state index in [0.717, 1.165) is 0 Å². The van der Waals surface area contributed by atoms with E-state index >= 15 is 0 Å². The van der Waals surface area contributed by atoms with Gasteiger partial charge in [-0.3, -0.25) is 24.0 Å². The number of aliphatic carboxylic acids is 2. The Bertz CT molecular complexity index is 681. The van der Waals surface area contributed by atoms with Gasteiger partial charge in [0.15, 0.2) is 0 Å². The Labute approximate surface area is 172 Å². The third-order valence-electron chi connectivity index (χ3n) is 3.84. The molecular weight excluding hydrogens is 402 g/mol. The highest BCUT2D eigenvalue weighted by Crippen LogP contribution is 2.05. The van der Waals surface area contributed by atoms with Gasteiger partial charge >= 0.3 is 11.9 Å². The standard InChI is InChI=1S/C17H29N5O8/c1-7(2)4-11(17(29)30)22-14(26)8(3)20-16(28)10(6-13(24)25)21-15(27)9(18)5-12(19)23/h7-11H,4-6,18H2,1-3H3,(H2,19,23)(H,20,28)(H,21,27)(H,22,26)(H,24,25)(H,29,30). The van der Waals surface area contributed by atoms with Gasteiger partial charge in [0.05, 0.1) is 18.9 Å². The van der Waals surface area contributed by atoms with Crippen LogP contribution < -0.4 is 27.4 Å². The molecule has 0 fully saturated rings. The number of carboxylic acid groups (broad SMARTS) is 2. The number of hydrogen-bond acceptors (Lipinski definition) is 7. The zero-order valence-corrected chi connectivity index (χ0v) is 17.0. The van der Waals surface area contributed by atoms with Gasteiger partial charge in [-0.2, -0.15) is 0 Å². The smallest absolute Gasteiger partial charge is 0.326 e. The van der Waals surface area contributed by atoms with Crippen molar-refractivity contribution in [3.63, 3.8) is 0 Å². The van der Waals surface area contributed by atoms with E-state index in [1.54, 1.807) is 13.8 Å². The molecule has 0 saturated carbocycles. The minimum Gasteiger partial charge on any atom is -0.481 e. The average Bonchev–Trinajstić information content (AvgIpc) is 2.58. The van der Waals surface area contributed by atoms with Gasteiger partial charge < -0.3 is 37.6 Å². The van der Waals surface area contributed by atoms with Crippen LogP contribution in [0.5, 0.6) is 0 Å². The molecule has 0 aliphatic carbocycles. The number of carboxylic acids is 2. The maximum atomic E-state index is 12.4. The van der Waals surface area contributed by atoms with E-state index in [1.165, 1.54) is 6.92 Å². The molecule has 0 heterocycles. The second-order valence-electron chi connectivity index (χ2n) is 7.20. The minimum atomic E-state index is -1.59. The normalized spacial score (nSPS) is 14.7. The highest BCUT2D eigenvalue weighted by molar-refractivity contribution is 5.96. The van der Waals surface area contributed by atoms with Crippen molar-refractivity contribution in [1.82, 2.24) is 16.0 Å². The van der Waals surface area contributed by atoms with Crippen molar-refractivity contribution in [1.29, 1.82) is 0 Å². The van der Waals surface area contributed by atoms with Crippen LogP contribution in [0.25, 0.3) is 0 Å². The van der Waals surface area contributed by atoms with Crippen LogP contribution in [0, 0.1) is 5.92 Å². The lowest BCUT2D eigenvalue weighted by Crippen LogP contribution is -2.57. The van der Waals surface area contributed by atoms with Gasteiger partial charge in [-0.1, -0.05) is 13.8 Å². The number of hydrogen-bond donors (Lipinski definition) is 7. The van der Waals surface area contributed by atoms with E-state index in [1.807, 2.05) is 0 Å². The Morgan fingerprint density at radius 2 is 1.33 bits per heavy atom. The van der Waals surface area contributed by atoms with E-state index in [4.69, 9.17) is 16.6 Å². The predicted molar refractivity (Wildman–Crippen MR) is 103 cm³/mol. The monoisotopic (exact) mass is 431 g/mol. The fraction of sp³-hybridized carbons (Fsp3) is 0.647. The van der Waals surface area contributed by atoms with Crippen LogP contribution in [0.15, 0.2) is 0 Å². The molecule has 0 aromatic rings. The Hall–Kier alpha value is -3.22. The van der Waals surface area contributed by atoms with Crippen molar-refractivity contribution in [3.05, 3.63) is 0 Å². The van der Waals surface area contributed by atoms with E-state index in [9.17, 15) is 33.9 Å². The van der Waals surface area contributed by atoms with E-state index in [2.05, 4.69) is 16.0 Å². The van der Waals surface area contributed by atoms with Crippen LogP contribution >= 0.6 is 0 Å². The summed E-state index contributed by atoms with van der Waals surface area (Å²) in [5.41, 5.74) is 10.4. The summed E-state index contributed by atoms with van der Waals surface area (Å²) in [5.74, 6) is -6.32. The van der Waals surface area contributed by atoms with Gasteiger partial charge in [-0.25, -0.2) is 4.79 Å². The van der Waals surface area contributed by atoms with Crippen LogP contribution in [0.3, 0.4) is 0 Å². The number of carbonyl (C=O) groups excluding carboxylic acids is 4. The summed E-state index contributed by atoms with van der Waals surface area (Å²) in [4.78, 5) is 69.6. The quantitative estimate of drug-likeness (QED) is 0.160. The third kappa shape index (κ3) is 10.4. The average molecular weight is 431 g/mol. The molecule has 30 heavy (non-hydrogen) atoms. The van der Waals surface area contributed by atoms with Crippen molar-refractivity contribution >= 4 is 35.6 Å². The summed E-state index contributed by atoms with van der Waals surface area (Å²) in [6, 6.07) is -5.37. The molecule has 13 heteroatoms. The zero-order valence-electron chi connectivity index (χ0n) is 17.0. The fourth-order valence-electron chi connectivity index (χ4n) is 2.34. The van der Waals surface area contributed by atoms with E-state index in [-0.39, 0.29) is 12.3 Å². The number of primary amides is 1. The number of nitrogens with two attached hydrogens (primary N) is 2. The molecular formula is C17H29N5O8. The molecule has 0 aliphatic rings. The lowest BCUT2D eigenvalue weighted by molar-refractivity contribution is -0.143. The molecule has 0 saturated heterocycles. The van der Waals surface area contributed by atoms with Crippen molar-refractivity contribution in [2.45, 2.75) is 64.2 Å². The van der Waals surface area contributed by atoms with Gasteiger partial charge in [0.1, 0.15) is 18.1 Å². The second kappa shape index (κ2) is 12.4. The first-order valence-corrected chi connectivity index (χ1v) is 9.14. The molecule has 0 bridgehead atoms. The Morgan fingerprint density at radius 3 is 1.77 bits per heavy atom. The van der Waals surface area contributed by atoms with Crippen molar-refractivity contribution in [3.8, 4) is 0 Å². The first-order valence-electron chi connectivity index (χ1n) is 9.14. The predicted octanol–water partition coefficient (Wildman–Crippen LogP) is -2.73. The molecule has 0 aromatic carbocycles. The lowest BCUT2D eigenvalue weighted by Gasteiger charge is -2.23. The van der Waals surface area contributed by atoms with Crippen LogP contribution in [-0.4, -0.2) is 69.9 Å². The largest absolute Gasteiger partial charge is 0.481 e. The van der Waals surface area contributed by atoms with Crippen LogP contribution in [0.4, 0.5) is 0 Å². The van der Waals surface area contributed by atoms with E-state index in [0.29, 0.717) is 0 Å². The van der Waals surface area contributed by atoms with Gasteiger partial charge in [-0.15, -0.1) is 0 Å². The van der Waals surface area contributed by atoms with Gasteiger partial charge in [0.2, 0.25) is 23.6 Å². The molecule has 0 spiro atoms. The maximum Gasteiger partial charge on any atom is 0.326 e. The molecule has 170 valence electrons. The third-order valence-corrected chi connectivity index (χ3v) is 3.84. The summed E-state index contributed by atoms with van der Waals surface area (Å²) in [6.07, 6.45) is -1.17. The number of rotatable bonds is 13. The van der Waals surface area contributed by atoms with E-state index < -0.39 is 72.6 Å². The number of nitrogens with one attached hydrogen (secondary N) is 3. The summed E-state index contributed by atoms with van der Waals surface area (Å²) in [6.45, 7) is 4.81. The molecule has 0 radical (unpaired) electrons. The van der Waals surface area contributed by atoms with Crippen molar-refractivity contribution < 1.29 is 39.0 Å². The van der Waals surface area contributed by atoms with Crippen molar-refractivity contribution in [2.24, 2.45) is 17.4 Å². The molecule has 0 rings (SSSR count). The minimum absolute atomic E-state index is 0.0175. The summed E-state index contributed by atoms with van der Waals surface area (Å²) in [5, 5.41) is 24.7. The molecule has 4 amide bonds. The molecule has 4 atom stereocenters. The van der Waals surface area contributed by atoms with Crippen molar-refractivity contribution in [2.75, 3.05) is 0 Å². The number of amides is 4. The van der Waals surface area contributed by atoms with Gasteiger partial charge in [-0.05, 0) is 19.3 Å². The van der Waals surface area contributed by atoms with Gasteiger partial charge in [0, 0.05) is 0 Å². The SMILES string of the molecule is CC(C)CC(NC(=O)C(C)NC(=O)C(CC(=O)O)NC(=O)C(N)CC(N)=O)C(=O)O. The van der Waals surface area contributed by atoms with Crippen LogP contribution in [0.2, 0.25) is 0 Å². The Morgan fingerprint density at radius 1 is 0.800 bits per heavy atom. The Kier molecular flexibility index (Phi) is 11.0. The lowest BCUT2D eigenvalue weighted by atomic mass is 10.0. The molecule has 0 aromatic heterocycles. The van der Waals surface area contributed by atoms with Gasteiger partial charge in [0.25, 0.3) is 0 Å². The highest BCUT2D eigenvalue weighted by Gasteiger charge is 2.30. The van der Waals surface area contributed by atoms with Crippen LogP contribution in [-0.2, 0) is 28.8 Å². The first-order chi connectivity index (χ1) is 13.7. The summed E-state index contributed by atoms with van der Waals surface area (Å²) < 4.78 is 0. The fourth-order valence-corrected chi connectivity index (χ4v) is 2.34. The molecule has 4 unspecified atom stereocenters. The first kappa shape index (κ1) is 26.8. The van der Waals surface area contributed by atoms with Crippen LogP contribution in [0.1, 0.15) is 40.0 Å². The molecule has 13 nitrogen and oxygen atoms in total. The topological polar surface area (TPSA) is 231 Å². The summed E-state index contributed by atoms with van der Waals surface area (Å²) >= 11 is 0. The Balaban J connectivity index is 5.10. The number of carbonyl (C=O) groups is 6. The zero-order chi connectivity index (χ0) is 23.6.